The van der Waals surface area contributed by atoms with Crippen LogP contribution in [0.15, 0.2) is 18.2 Å². The molecule has 1 N–H and O–H groups in total. The van der Waals surface area contributed by atoms with Crippen LogP contribution in [-0.4, -0.2) is 16.1 Å². The van der Waals surface area contributed by atoms with Crippen LogP contribution in [0.1, 0.15) is 59.6 Å². The Morgan fingerprint density at radius 2 is 1.95 bits per heavy atom. The van der Waals surface area contributed by atoms with Gasteiger partial charge in [-0.1, -0.05) is 19.3 Å². The van der Waals surface area contributed by atoms with E-state index in [-0.39, 0.29) is 17.0 Å². The highest BCUT2D eigenvalue weighted by molar-refractivity contribution is 6.03. The summed E-state index contributed by atoms with van der Waals surface area (Å²) in [7, 11) is 0. The summed E-state index contributed by atoms with van der Waals surface area (Å²) in [4.78, 5) is 16.0. The molecule has 0 unspecified atom stereocenters. The predicted octanol–water partition coefficient (Wildman–Crippen LogP) is 4.43. The van der Waals surface area contributed by atoms with Gasteiger partial charge in [-0.25, -0.2) is 14.2 Å². The van der Waals surface area contributed by atoms with Crippen molar-refractivity contribution in [2.75, 3.05) is 0 Å². The smallest absolute Gasteiger partial charge is 0.336 e. The summed E-state index contributed by atoms with van der Waals surface area (Å²) in [6.45, 7) is 1.75. The first-order valence-corrected chi connectivity index (χ1v) is 7.40. The number of aryl methyl sites for hydroxylation is 1. The molecule has 0 saturated heterocycles. The van der Waals surface area contributed by atoms with Crippen LogP contribution < -0.4 is 0 Å². The zero-order chi connectivity index (χ0) is 15.0. The SMILES string of the molecule is Cc1cc(F)c2nc(C3CCCCC3)cc(C(=O)O)c2c1. The van der Waals surface area contributed by atoms with Crippen molar-refractivity contribution in [2.45, 2.75) is 44.9 Å². The molecule has 0 amide bonds. The highest BCUT2D eigenvalue weighted by Gasteiger charge is 2.21. The van der Waals surface area contributed by atoms with Gasteiger partial charge in [0.05, 0.1) is 5.56 Å². The van der Waals surface area contributed by atoms with Crippen LogP contribution >= 0.6 is 0 Å². The topological polar surface area (TPSA) is 50.2 Å². The van der Waals surface area contributed by atoms with Crippen LogP contribution in [0, 0.1) is 12.7 Å². The Labute approximate surface area is 122 Å². The van der Waals surface area contributed by atoms with Crippen LogP contribution in [0.2, 0.25) is 0 Å². The van der Waals surface area contributed by atoms with Gasteiger partial charge in [0.15, 0.2) is 0 Å². The molecule has 2 aromatic rings. The van der Waals surface area contributed by atoms with Crippen molar-refractivity contribution in [3.8, 4) is 0 Å². The van der Waals surface area contributed by atoms with E-state index in [0.29, 0.717) is 10.9 Å². The zero-order valence-electron chi connectivity index (χ0n) is 12.0. The van der Waals surface area contributed by atoms with Crippen LogP contribution in [0.4, 0.5) is 4.39 Å². The van der Waals surface area contributed by atoms with Crippen LogP contribution in [0.25, 0.3) is 10.9 Å². The molecule has 21 heavy (non-hydrogen) atoms. The van der Waals surface area contributed by atoms with Crippen molar-refractivity contribution >= 4 is 16.9 Å². The van der Waals surface area contributed by atoms with E-state index in [1.807, 2.05) is 0 Å². The molecule has 1 aromatic heterocycles. The lowest BCUT2D eigenvalue weighted by Crippen LogP contribution is -2.10. The molecule has 1 aromatic carbocycles. The number of hydrogen-bond acceptors (Lipinski definition) is 2. The summed E-state index contributed by atoms with van der Waals surface area (Å²) in [6, 6.07) is 4.74. The van der Waals surface area contributed by atoms with E-state index < -0.39 is 11.8 Å². The Kier molecular flexibility index (Phi) is 3.62. The lowest BCUT2D eigenvalue weighted by Gasteiger charge is -2.22. The fourth-order valence-electron chi connectivity index (χ4n) is 3.22. The van der Waals surface area contributed by atoms with Gasteiger partial charge >= 0.3 is 5.97 Å². The first-order chi connectivity index (χ1) is 10.1. The first-order valence-electron chi connectivity index (χ1n) is 7.40. The molecule has 0 bridgehead atoms. The third-order valence-corrected chi connectivity index (χ3v) is 4.28. The van der Waals surface area contributed by atoms with Gasteiger partial charge in [0, 0.05) is 17.0 Å². The van der Waals surface area contributed by atoms with Crippen molar-refractivity contribution in [3.05, 3.63) is 40.8 Å². The van der Waals surface area contributed by atoms with Crippen molar-refractivity contribution in [1.82, 2.24) is 4.98 Å². The van der Waals surface area contributed by atoms with E-state index in [0.717, 1.165) is 31.4 Å². The van der Waals surface area contributed by atoms with E-state index in [1.54, 1.807) is 19.1 Å². The normalized spacial score (nSPS) is 16.3. The maximum atomic E-state index is 14.2. The molecule has 3 rings (SSSR count). The summed E-state index contributed by atoms with van der Waals surface area (Å²) in [6.07, 6.45) is 5.48. The minimum atomic E-state index is -1.02. The molecular formula is C17H18FNO2. The van der Waals surface area contributed by atoms with Gasteiger partial charge in [-0.15, -0.1) is 0 Å². The average molecular weight is 287 g/mol. The molecule has 0 spiro atoms. The van der Waals surface area contributed by atoms with Gasteiger partial charge in [-0.05, 0) is 43.5 Å². The predicted molar refractivity (Wildman–Crippen MR) is 79.2 cm³/mol. The number of pyridine rings is 1. The molecule has 1 aliphatic carbocycles. The Morgan fingerprint density at radius 1 is 1.24 bits per heavy atom. The van der Waals surface area contributed by atoms with E-state index >= 15 is 0 Å². The third-order valence-electron chi connectivity index (χ3n) is 4.28. The Balaban J connectivity index is 2.21. The monoisotopic (exact) mass is 287 g/mol. The molecule has 1 aliphatic rings. The maximum Gasteiger partial charge on any atom is 0.336 e. The van der Waals surface area contributed by atoms with Crippen molar-refractivity contribution < 1.29 is 14.3 Å². The number of fused-ring (bicyclic) bond motifs is 1. The molecule has 110 valence electrons. The second-order valence-electron chi connectivity index (χ2n) is 5.88. The van der Waals surface area contributed by atoms with Crippen molar-refractivity contribution in [2.24, 2.45) is 0 Å². The lowest BCUT2D eigenvalue weighted by atomic mass is 9.86. The molecular weight excluding hydrogens is 269 g/mol. The second kappa shape index (κ2) is 5.43. The summed E-state index contributed by atoms with van der Waals surface area (Å²) in [5.41, 5.74) is 1.77. The highest BCUT2D eigenvalue weighted by Crippen LogP contribution is 2.34. The molecule has 0 atom stereocenters. The van der Waals surface area contributed by atoms with Crippen molar-refractivity contribution in [3.63, 3.8) is 0 Å². The minimum absolute atomic E-state index is 0.156. The number of nitrogens with zero attached hydrogens (tertiary/aromatic N) is 1. The molecule has 1 fully saturated rings. The maximum absolute atomic E-state index is 14.2. The van der Waals surface area contributed by atoms with E-state index in [2.05, 4.69) is 4.98 Å². The Bertz CT molecular complexity index is 705. The second-order valence-corrected chi connectivity index (χ2v) is 5.88. The fourth-order valence-corrected chi connectivity index (χ4v) is 3.22. The van der Waals surface area contributed by atoms with Gasteiger partial charge in [0.1, 0.15) is 11.3 Å². The number of carbonyl (C=O) groups is 1. The van der Waals surface area contributed by atoms with Gasteiger partial charge in [-0.3, -0.25) is 0 Å². The Hall–Kier alpha value is -1.97. The Morgan fingerprint density at radius 3 is 2.62 bits per heavy atom. The molecule has 3 nitrogen and oxygen atoms in total. The lowest BCUT2D eigenvalue weighted by molar-refractivity contribution is 0.0699. The number of aromatic carboxylic acids is 1. The molecule has 4 heteroatoms. The number of carboxylic acids is 1. The summed E-state index contributed by atoms with van der Waals surface area (Å²) in [5, 5.41) is 9.83. The molecule has 0 aliphatic heterocycles. The number of rotatable bonds is 2. The van der Waals surface area contributed by atoms with Crippen LogP contribution in [0.5, 0.6) is 0 Å². The van der Waals surface area contributed by atoms with Gasteiger partial charge in [0.2, 0.25) is 0 Å². The number of benzene rings is 1. The first kappa shape index (κ1) is 14.0. The third kappa shape index (κ3) is 2.62. The van der Waals surface area contributed by atoms with E-state index in [4.69, 9.17) is 0 Å². The molecule has 0 radical (unpaired) electrons. The summed E-state index contributed by atoms with van der Waals surface area (Å²) < 4.78 is 14.2. The number of aromatic nitrogens is 1. The number of carboxylic acid groups (broad SMARTS) is 1. The van der Waals surface area contributed by atoms with Gasteiger partial charge in [0.25, 0.3) is 0 Å². The average Bonchev–Trinajstić information content (AvgIpc) is 2.47. The highest BCUT2D eigenvalue weighted by atomic mass is 19.1. The van der Waals surface area contributed by atoms with Gasteiger partial charge < -0.3 is 5.11 Å². The summed E-state index contributed by atoms with van der Waals surface area (Å²) >= 11 is 0. The quantitative estimate of drug-likeness (QED) is 0.889. The summed E-state index contributed by atoms with van der Waals surface area (Å²) in [5.74, 6) is -1.21. The van der Waals surface area contributed by atoms with E-state index in [9.17, 15) is 14.3 Å². The van der Waals surface area contributed by atoms with Crippen LogP contribution in [-0.2, 0) is 0 Å². The fraction of sp³-hybridized carbons (Fsp3) is 0.412. The zero-order valence-corrected chi connectivity index (χ0v) is 12.0. The number of hydrogen-bond donors (Lipinski definition) is 1. The van der Waals surface area contributed by atoms with Crippen molar-refractivity contribution in [1.29, 1.82) is 0 Å². The minimum Gasteiger partial charge on any atom is -0.478 e. The largest absolute Gasteiger partial charge is 0.478 e. The van der Waals surface area contributed by atoms with E-state index in [1.165, 1.54) is 12.5 Å². The van der Waals surface area contributed by atoms with Gasteiger partial charge in [-0.2, -0.15) is 0 Å². The standard InChI is InChI=1S/C17H18FNO2/c1-10-7-12-13(17(20)21)9-15(11-5-3-2-4-6-11)19-16(12)14(18)8-10/h7-9,11H,2-6H2,1H3,(H,20,21). The number of halogens is 1. The molecule has 1 saturated carbocycles. The van der Waals surface area contributed by atoms with Crippen LogP contribution in [0.3, 0.4) is 0 Å². The molecule has 1 heterocycles.